The van der Waals surface area contributed by atoms with E-state index in [4.69, 9.17) is 5.11 Å². The molecule has 1 unspecified atom stereocenters. The Hall–Kier alpha value is -3.48. The highest BCUT2D eigenvalue weighted by molar-refractivity contribution is 6.46. The zero-order valence-electron chi connectivity index (χ0n) is 17.2. The SMILES string of the molecule is Cc1ccc(/C(O)=C2\C(=O)C(=O)N(CCCCCC(=O)O)C2c2cccc(F)c2)cc1. The van der Waals surface area contributed by atoms with Crippen LogP contribution in [0.3, 0.4) is 0 Å². The summed E-state index contributed by atoms with van der Waals surface area (Å²) in [5.74, 6) is -3.29. The van der Waals surface area contributed by atoms with Crippen LogP contribution in [0.1, 0.15) is 48.4 Å². The van der Waals surface area contributed by atoms with Gasteiger partial charge in [0.1, 0.15) is 11.6 Å². The molecule has 1 heterocycles. The first-order valence-corrected chi connectivity index (χ1v) is 10.1. The Balaban J connectivity index is 1.97. The van der Waals surface area contributed by atoms with E-state index in [1.54, 1.807) is 30.3 Å². The zero-order chi connectivity index (χ0) is 22.5. The van der Waals surface area contributed by atoms with Gasteiger partial charge in [0.05, 0.1) is 11.6 Å². The third-order valence-electron chi connectivity index (χ3n) is 5.32. The van der Waals surface area contributed by atoms with E-state index < -0.39 is 29.5 Å². The predicted molar refractivity (Wildman–Crippen MR) is 113 cm³/mol. The van der Waals surface area contributed by atoms with Crippen LogP contribution >= 0.6 is 0 Å². The number of nitrogens with zero attached hydrogens (tertiary/aromatic N) is 1. The first-order chi connectivity index (χ1) is 14.8. The molecule has 31 heavy (non-hydrogen) atoms. The second kappa shape index (κ2) is 9.55. The average molecular weight is 425 g/mol. The number of aliphatic hydroxyl groups is 1. The fourth-order valence-corrected chi connectivity index (χ4v) is 3.74. The molecule has 2 N–H and O–H groups in total. The van der Waals surface area contributed by atoms with Gasteiger partial charge in [-0.2, -0.15) is 0 Å². The van der Waals surface area contributed by atoms with Crippen molar-refractivity contribution in [1.29, 1.82) is 0 Å². The number of hydrogen-bond donors (Lipinski definition) is 2. The van der Waals surface area contributed by atoms with Gasteiger partial charge in [-0.1, -0.05) is 48.4 Å². The number of aliphatic carboxylic acids is 1. The molecule has 7 heteroatoms. The Labute approximate surface area is 179 Å². The van der Waals surface area contributed by atoms with Crippen LogP contribution in [0.2, 0.25) is 0 Å². The zero-order valence-corrected chi connectivity index (χ0v) is 17.2. The monoisotopic (exact) mass is 425 g/mol. The van der Waals surface area contributed by atoms with Crippen molar-refractivity contribution in [3.63, 3.8) is 0 Å². The highest BCUT2D eigenvalue weighted by Crippen LogP contribution is 2.39. The maximum Gasteiger partial charge on any atom is 0.303 e. The molecule has 162 valence electrons. The number of unbranched alkanes of at least 4 members (excludes halogenated alkanes) is 2. The van der Waals surface area contributed by atoms with Crippen molar-refractivity contribution in [3.05, 3.63) is 76.6 Å². The van der Waals surface area contributed by atoms with Crippen molar-refractivity contribution >= 4 is 23.4 Å². The molecule has 0 spiro atoms. The second-order valence-corrected chi connectivity index (χ2v) is 7.62. The number of aliphatic hydroxyl groups excluding tert-OH is 1. The van der Waals surface area contributed by atoms with E-state index >= 15 is 0 Å². The molecule has 2 aromatic rings. The number of halogens is 1. The second-order valence-electron chi connectivity index (χ2n) is 7.62. The van der Waals surface area contributed by atoms with Crippen LogP contribution in [0.5, 0.6) is 0 Å². The lowest BCUT2D eigenvalue weighted by molar-refractivity contribution is -0.140. The van der Waals surface area contributed by atoms with Crippen LogP contribution in [-0.2, 0) is 14.4 Å². The third-order valence-corrected chi connectivity index (χ3v) is 5.32. The van der Waals surface area contributed by atoms with Crippen molar-refractivity contribution in [3.8, 4) is 0 Å². The Bertz CT molecular complexity index is 1030. The van der Waals surface area contributed by atoms with Gasteiger partial charge < -0.3 is 15.1 Å². The van der Waals surface area contributed by atoms with E-state index in [-0.39, 0.29) is 24.3 Å². The number of benzene rings is 2. The molecule has 2 aromatic carbocycles. The fraction of sp³-hybridized carbons (Fsp3) is 0.292. The maximum absolute atomic E-state index is 13.9. The van der Waals surface area contributed by atoms with Gasteiger partial charge in [0.2, 0.25) is 0 Å². The molecule has 1 aliphatic rings. The largest absolute Gasteiger partial charge is 0.507 e. The number of Topliss-reactive ketones (excluding diaryl/α,β-unsaturated/α-hetero) is 1. The van der Waals surface area contributed by atoms with Gasteiger partial charge in [-0.25, -0.2) is 4.39 Å². The Kier molecular flexibility index (Phi) is 6.84. The van der Waals surface area contributed by atoms with Gasteiger partial charge in [-0.05, 0) is 37.5 Å². The van der Waals surface area contributed by atoms with Gasteiger partial charge in [0.15, 0.2) is 0 Å². The number of rotatable bonds is 8. The molecule has 1 saturated heterocycles. The number of amides is 1. The van der Waals surface area contributed by atoms with E-state index in [1.165, 1.54) is 23.1 Å². The molecule has 3 rings (SSSR count). The quantitative estimate of drug-likeness (QED) is 0.286. The summed E-state index contributed by atoms with van der Waals surface area (Å²) in [6.07, 6.45) is 1.52. The third kappa shape index (κ3) is 4.99. The summed E-state index contributed by atoms with van der Waals surface area (Å²) in [4.78, 5) is 37.7. The van der Waals surface area contributed by atoms with Crippen molar-refractivity contribution in [1.82, 2.24) is 4.90 Å². The number of hydrogen-bond acceptors (Lipinski definition) is 4. The van der Waals surface area contributed by atoms with E-state index in [1.807, 2.05) is 6.92 Å². The molecule has 0 aromatic heterocycles. The minimum absolute atomic E-state index is 0.0273. The minimum atomic E-state index is -0.920. The highest BCUT2D eigenvalue weighted by Gasteiger charge is 2.45. The lowest BCUT2D eigenvalue weighted by atomic mass is 9.95. The molecule has 1 atom stereocenters. The summed E-state index contributed by atoms with van der Waals surface area (Å²) in [5.41, 5.74) is 1.68. The fourth-order valence-electron chi connectivity index (χ4n) is 3.74. The molecule has 1 aliphatic heterocycles. The maximum atomic E-state index is 13.9. The Morgan fingerprint density at radius 3 is 2.39 bits per heavy atom. The van der Waals surface area contributed by atoms with Gasteiger partial charge in [0, 0.05) is 18.5 Å². The summed E-state index contributed by atoms with van der Waals surface area (Å²) in [6.45, 7) is 2.08. The number of carboxylic acids is 1. The van der Waals surface area contributed by atoms with Crippen LogP contribution in [0.25, 0.3) is 5.76 Å². The standard InChI is InChI=1S/C24H24FNO5/c1-15-9-11-16(12-10-15)22(29)20-21(17-6-5-7-18(25)14-17)26(24(31)23(20)30)13-4-2-3-8-19(27)28/h5-7,9-12,14,21,29H,2-4,8,13H2,1H3,(H,27,28)/b22-20+. The molecule has 0 radical (unpaired) electrons. The average Bonchev–Trinajstić information content (AvgIpc) is 2.98. The first-order valence-electron chi connectivity index (χ1n) is 10.1. The van der Waals surface area contributed by atoms with Gasteiger partial charge in [0.25, 0.3) is 11.7 Å². The van der Waals surface area contributed by atoms with Crippen LogP contribution in [-0.4, -0.2) is 39.3 Å². The van der Waals surface area contributed by atoms with Crippen molar-refractivity contribution in [2.24, 2.45) is 0 Å². The number of likely N-dealkylation sites (tertiary alicyclic amines) is 1. The molecular weight excluding hydrogens is 401 g/mol. The predicted octanol–water partition coefficient (Wildman–Crippen LogP) is 4.20. The highest BCUT2D eigenvalue weighted by atomic mass is 19.1. The molecule has 6 nitrogen and oxygen atoms in total. The molecule has 1 fully saturated rings. The summed E-state index contributed by atoms with van der Waals surface area (Å²) in [5, 5.41) is 19.7. The van der Waals surface area contributed by atoms with Gasteiger partial charge in [-0.3, -0.25) is 14.4 Å². The molecule has 0 aliphatic carbocycles. The normalized spacial score (nSPS) is 17.9. The first kappa shape index (κ1) is 22.2. The number of ketones is 1. The summed E-state index contributed by atoms with van der Waals surface area (Å²) < 4.78 is 13.9. The number of carbonyl (C=O) groups excluding carboxylic acids is 2. The topological polar surface area (TPSA) is 94.9 Å². The summed E-state index contributed by atoms with van der Waals surface area (Å²) in [6, 6.07) is 11.6. The van der Waals surface area contributed by atoms with Gasteiger partial charge >= 0.3 is 5.97 Å². The van der Waals surface area contributed by atoms with E-state index in [2.05, 4.69) is 0 Å². The Morgan fingerprint density at radius 2 is 1.74 bits per heavy atom. The van der Waals surface area contributed by atoms with Crippen molar-refractivity contribution in [2.45, 2.75) is 38.6 Å². The van der Waals surface area contributed by atoms with E-state index in [9.17, 15) is 23.9 Å². The Morgan fingerprint density at radius 1 is 1.03 bits per heavy atom. The number of carbonyl (C=O) groups is 3. The number of aryl methyl sites for hydroxylation is 1. The van der Waals surface area contributed by atoms with Crippen LogP contribution in [0, 0.1) is 12.7 Å². The lowest BCUT2D eigenvalue weighted by Gasteiger charge is -2.25. The molecule has 1 amide bonds. The van der Waals surface area contributed by atoms with Crippen molar-refractivity contribution in [2.75, 3.05) is 6.54 Å². The smallest absolute Gasteiger partial charge is 0.303 e. The summed E-state index contributed by atoms with van der Waals surface area (Å²) in [7, 11) is 0. The number of carboxylic acid groups (broad SMARTS) is 1. The lowest BCUT2D eigenvalue weighted by Crippen LogP contribution is -2.30. The molecule has 0 saturated carbocycles. The summed E-state index contributed by atoms with van der Waals surface area (Å²) >= 11 is 0. The van der Waals surface area contributed by atoms with Crippen LogP contribution in [0.15, 0.2) is 54.1 Å². The van der Waals surface area contributed by atoms with Gasteiger partial charge in [-0.15, -0.1) is 0 Å². The van der Waals surface area contributed by atoms with Crippen molar-refractivity contribution < 1.29 is 29.0 Å². The van der Waals surface area contributed by atoms with Crippen LogP contribution < -0.4 is 0 Å². The minimum Gasteiger partial charge on any atom is -0.507 e. The van der Waals surface area contributed by atoms with E-state index in [0.717, 1.165) is 5.56 Å². The van der Waals surface area contributed by atoms with Crippen LogP contribution in [0.4, 0.5) is 4.39 Å². The van der Waals surface area contributed by atoms with E-state index in [0.29, 0.717) is 30.4 Å². The molecule has 0 bridgehead atoms. The molecular formula is C24H24FNO5.